The fourth-order valence-electron chi connectivity index (χ4n) is 1.89. The maximum absolute atomic E-state index is 13.1. The van der Waals surface area contributed by atoms with Crippen molar-refractivity contribution in [1.29, 1.82) is 0 Å². The molecule has 0 saturated carbocycles. The SMILES string of the molecule is CCOC(=O)CC(=O)c1cc(NC(=O)OC(C)(C)C)cc(C(F)(F)F)c1. The topological polar surface area (TPSA) is 81.7 Å². The van der Waals surface area contributed by atoms with Crippen molar-refractivity contribution in [2.24, 2.45) is 0 Å². The van der Waals surface area contributed by atoms with Crippen LogP contribution in [0.3, 0.4) is 0 Å². The monoisotopic (exact) mass is 375 g/mol. The highest BCUT2D eigenvalue weighted by atomic mass is 19.4. The number of ether oxygens (including phenoxy) is 2. The molecule has 0 unspecified atom stereocenters. The average Bonchev–Trinajstić information content (AvgIpc) is 2.43. The van der Waals surface area contributed by atoms with E-state index in [2.05, 4.69) is 10.1 Å². The van der Waals surface area contributed by atoms with Gasteiger partial charge in [0.05, 0.1) is 12.2 Å². The number of carbonyl (C=O) groups is 3. The molecular weight excluding hydrogens is 355 g/mol. The second-order valence-corrected chi connectivity index (χ2v) is 6.33. The Morgan fingerprint density at radius 3 is 2.19 bits per heavy atom. The van der Waals surface area contributed by atoms with Gasteiger partial charge in [-0.2, -0.15) is 13.2 Å². The van der Waals surface area contributed by atoms with Gasteiger partial charge in [0, 0.05) is 11.3 Å². The molecule has 144 valence electrons. The number of alkyl halides is 3. The summed E-state index contributed by atoms with van der Waals surface area (Å²) in [5.74, 6) is -1.71. The van der Waals surface area contributed by atoms with E-state index in [0.717, 1.165) is 6.07 Å². The summed E-state index contributed by atoms with van der Waals surface area (Å²) >= 11 is 0. The second-order valence-electron chi connectivity index (χ2n) is 6.33. The number of carbonyl (C=O) groups excluding carboxylic acids is 3. The third kappa shape index (κ3) is 7.12. The Morgan fingerprint density at radius 1 is 1.08 bits per heavy atom. The molecule has 0 radical (unpaired) electrons. The number of benzene rings is 1. The Labute approximate surface area is 148 Å². The normalized spacial score (nSPS) is 11.7. The van der Waals surface area contributed by atoms with Crippen molar-refractivity contribution in [1.82, 2.24) is 0 Å². The molecule has 0 saturated heterocycles. The lowest BCUT2D eigenvalue weighted by Gasteiger charge is -2.20. The van der Waals surface area contributed by atoms with Gasteiger partial charge < -0.3 is 9.47 Å². The van der Waals surface area contributed by atoms with E-state index in [9.17, 15) is 27.6 Å². The highest BCUT2D eigenvalue weighted by Gasteiger charge is 2.32. The van der Waals surface area contributed by atoms with Gasteiger partial charge in [-0.25, -0.2) is 4.79 Å². The molecule has 1 aromatic carbocycles. The number of anilines is 1. The van der Waals surface area contributed by atoms with Gasteiger partial charge in [0.25, 0.3) is 0 Å². The van der Waals surface area contributed by atoms with Crippen LogP contribution in [0.5, 0.6) is 0 Å². The van der Waals surface area contributed by atoms with Crippen molar-refractivity contribution in [2.45, 2.75) is 45.9 Å². The van der Waals surface area contributed by atoms with E-state index in [1.807, 2.05) is 0 Å². The lowest BCUT2D eigenvalue weighted by atomic mass is 10.0. The number of hydrogen-bond acceptors (Lipinski definition) is 5. The summed E-state index contributed by atoms with van der Waals surface area (Å²) in [5, 5.41) is 2.16. The molecule has 1 aromatic rings. The lowest BCUT2D eigenvalue weighted by molar-refractivity contribution is -0.142. The first-order valence-corrected chi connectivity index (χ1v) is 7.73. The van der Waals surface area contributed by atoms with Crippen LogP contribution in [0.25, 0.3) is 0 Å². The zero-order valence-corrected chi connectivity index (χ0v) is 14.8. The zero-order chi connectivity index (χ0) is 20.1. The molecule has 0 atom stereocenters. The van der Waals surface area contributed by atoms with Gasteiger partial charge in [0.2, 0.25) is 0 Å². The predicted molar refractivity (Wildman–Crippen MR) is 86.9 cm³/mol. The Hall–Kier alpha value is -2.58. The summed E-state index contributed by atoms with van der Waals surface area (Å²) in [6.07, 6.45) is -6.42. The van der Waals surface area contributed by atoms with E-state index in [1.54, 1.807) is 20.8 Å². The van der Waals surface area contributed by atoms with E-state index < -0.39 is 41.6 Å². The summed E-state index contributed by atoms with van der Waals surface area (Å²) < 4.78 is 48.8. The third-order valence-electron chi connectivity index (χ3n) is 2.84. The molecule has 6 nitrogen and oxygen atoms in total. The Morgan fingerprint density at radius 2 is 1.69 bits per heavy atom. The zero-order valence-electron chi connectivity index (χ0n) is 14.8. The van der Waals surface area contributed by atoms with Gasteiger partial charge in [0.15, 0.2) is 5.78 Å². The van der Waals surface area contributed by atoms with Crippen LogP contribution in [-0.4, -0.2) is 30.1 Å². The van der Waals surface area contributed by atoms with Crippen LogP contribution in [0.2, 0.25) is 0 Å². The molecule has 0 aliphatic rings. The summed E-state index contributed by atoms with van der Waals surface area (Å²) in [6, 6.07) is 2.33. The number of rotatable bonds is 5. The van der Waals surface area contributed by atoms with E-state index >= 15 is 0 Å². The van der Waals surface area contributed by atoms with Gasteiger partial charge in [-0.05, 0) is 45.9 Å². The molecule has 0 aromatic heterocycles. The standard InChI is InChI=1S/C17H20F3NO5/c1-5-25-14(23)9-13(22)10-6-11(17(18,19)20)8-12(7-10)21-15(24)26-16(2,3)4/h6-8H,5,9H2,1-4H3,(H,21,24). The molecule has 0 aliphatic heterocycles. The van der Waals surface area contributed by atoms with Crippen molar-refractivity contribution in [3.05, 3.63) is 29.3 Å². The summed E-state index contributed by atoms with van der Waals surface area (Å²) in [6.45, 7) is 6.35. The van der Waals surface area contributed by atoms with Crippen LogP contribution in [-0.2, 0) is 20.4 Å². The highest BCUT2D eigenvalue weighted by Crippen LogP contribution is 2.32. The van der Waals surface area contributed by atoms with Crippen LogP contribution >= 0.6 is 0 Å². The Bertz CT molecular complexity index is 693. The summed E-state index contributed by atoms with van der Waals surface area (Å²) in [5.41, 5.74) is -2.65. The molecule has 1 N–H and O–H groups in total. The predicted octanol–water partition coefficient (Wildman–Crippen LogP) is 4.19. The first kappa shape index (κ1) is 21.5. The maximum Gasteiger partial charge on any atom is 0.416 e. The molecule has 1 amide bonds. The third-order valence-corrected chi connectivity index (χ3v) is 2.84. The van der Waals surface area contributed by atoms with Crippen LogP contribution in [0.1, 0.15) is 50.0 Å². The van der Waals surface area contributed by atoms with Crippen LogP contribution in [0.15, 0.2) is 18.2 Å². The van der Waals surface area contributed by atoms with Crippen molar-refractivity contribution in [2.75, 3.05) is 11.9 Å². The minimum atomic E-state index is -4.75. The number of nitrogens with one attached hydrogen (secondary N) is 1. The van der Waals surface area contributed by atoms with Crippen molar-refractivity contribution in [3.63, 3.8) is 0 Å². The smallest absolute Gasteiger partial charge is 0.416 e. The fourth-order valence-corrected chi connectivity index (χ4v) is 1.89. The molecule has 0 spiro atoms. The number of amides is 1. The van der Waals surface area contributed by atoms with Crippen molar-refractivity contribution >= 4 is 23.5 Å². The molecule has 0 heterocycles. The number of Topliss-reactive ketones (excluding diaryl/α,β-unsaturated/α-hetero) is 1. The quantitative estimate of drug-likeness (QED) is 0.474. The number of halogens is 3. The van der Waals surface area contributed by atoms with Gasteiger partial charge in [0.1, 0.15) is 12.0 Å². The fraction of sp³-hybridized carbons (Fsp3) is 0.471. The van der Waals surface area contributed by atoms with Gasteiger partial charge in [-0.15, -0.1) is 0 Å². The van der Waals surface area contributed by atoms with E-state index in [4.69, 9.17) is 4.74 Å². The largest absolute Gasteiger partial charge is 0.466 e. The number of hydrogen-bond donors (Lipinski definition) is 1. The van der Waals surface area contributed by atoms with Crippen molar-refractivity contribution in [3.8, 4) is 0 Å². The van der Waals surface area contributed by atoms with Gasteiger partial charge in [-0.3, -0.25) is 14.9 Å². The van der Waals surface area contributed by atoms with E-state index in [0.29, 0.717) is 12.1 Å². The molecule has 0 aliphatic carbocycles. The van der Waals surface area contributed by atoms with Crippen LogP contribution in [0, 0.1) is 0 Å². The summed E-state index contributed by atoms with van der Waals surface area (Å²) in [4.78, 5) is 35.2. The van der Waals surface area contributed by atoms with Crippen molar-refractivity contribution < 1.29 is 37.0 Å². The van der Waals surface area contributed by atoms with Crippen LogP contribution < -0.4 is 5.32 Å². The first-order valence-electron chi connectivity index (χ1n) is 7.73. The minimum Gasteiger partial charge on any atom is -0.466 e. The Balaban J connectivity index is 3.13. The van der Waals surface area contributed by atoms with E-state index in [1.165, 1.54) is 6.92 Å². The molecule has 26 heavy (non-hydrogen) atoms. The molecule has 0 fully saturated rings. The molecule has 0 bridgehead atoms. The summed E-state index contributed by atoms with van der Waals surface area (Å²) in [7, 11) is 0. The average molecular weight is 375 g/mol. The maximum atomic E-state index is 13.1. The number of ketones is 1. The number of esters is 1. The minimum absolute atomic E-state index is 0.0418. The highest BCUT2D eigenvalue weighted by molar-refractivity contribution is 6.06. The first-order chi connectivity index (χ1) is 11.8. The van der Waals surface area contributed by atoms with Gasteiger partial charge >= 0.3 is 18.2 Å². The Kier molecular flexibility index (Phi) is 6.77. The lowest BCUT2D eigenvalue weighted by Crippen LogP contribution is -2.27. The van der Waals surface area contributed by atoms with E-state index in [-0.39, 0.29) is 17.9 Å². The van der Waals surface area contributed by atoms with Crippen LogP contribution in [0.4, 0.5) is 23.7 Å². The molecular formula is C17H20F3NO5. The molecule has 1 rings (SSSR count). The second kappa shape index (κ2) is 8.20. The molecule has 9 heteroatoms. The van der Waals surface area contributed by atoms with Gasteiger partial charge in [-0.1, -0.05) is 0 Å².